The Morgan fingerprint density at radius 2 is 1.90 bits per heavy atom. The Kier molecular flexibility index (Phi) is 3.43. The molecule has 0 atom stereocenters. The van der Waals surface area contributed by atoms with Crippen LogP contribution in [-0.2, 0) is 0 Å². The van der Waals surface area contributed by atoms with Crippen molar-refractivity contribution in [3.05, 3.63) is 45.3 Å². The monoisotopic (exact) mass is 395 g/mol. The molecule has 0 saturated heterocycles. The second-order valence-electron chi connectivity index (χ2n) is 4.23. The predicted octanol–water partition coefficient (Wildman–Crippen LogP) is 4.14. The summed E-state index contributed by atoms with van der Waals surface area (Å²) in [6.45, 7) is 0. The highest BCUT2D eigenvalue weighted by molar-refractivity contribution is 9.11. The zero-order chi connectivity index (χ0) is 14.3. The van der Waals surface area contributed by atoms with Crippen LogP contribution in [0, 0.1) is 0 Å². The van der Waals surface area contributed by atoms with Gasteiger partial charge < -0.3 is 10.5 Å². The molecule has 6 heteroatoms. The summed E-state index contributed by atoms with van der Waals surface area (Å²) in [6.07, 6.45) is 0. The minimum absolute atomic E-state index is 0.441. The number of nitrogen functional groups attached to an aromatic ring is 1. The molecule has 0 fully saturated rings. The van der Waals surface area contributed by atoms with Gasteiger partial charge in [-0.2, -0.15) is 0 Å². The van der Waals surface area contributed by atoms with Gasteiger partial charge in [-0.15, -0.1) is 0 Å². The number of nitrogens with zero attached hydrogens (tertiary/aromatic N) is 2. The average molecular weight is 397 g/mol. The first kappa shape index (κ1) is 13.5. The number of benzene rings is 2. The predicted molar refractivity (Wildman–Crippen MR) is 87.4 cm³/mol. The molecule has 102 valence electrons. The number of aromatic nitrogens is 2. The quantitative estimate of drug-likeness (QED) is 0.708. The summed E-state index contributed by atoms with van der Waals surface area (Å²) in [5.41, 5.74) is 8.76. The van der Waals surface area contributed by atoms with Crippen molar-refractivity contribution in [2.45, 2.75) is 0 Å². The van der Waals surface area contributed by atoms with Crippen molar-refractivity contribution in [3.63, 3.8) is 0 Å². The van der Waals surface area contributed by atoms with Crippen molar-refractivity contribution in [1.29, 1.82) is 0 Å². The lowest BCUT2D eigenvalue weighted by Gasteiger charge is -2.12. The fourth-order valence-electron chi connectivity index (χ4n) is 2.14. The SMILES string of the molecule is COc1cc(-n2c(N)nc3ccccc32)c(Br)cc1Br. The van der Waals surface area contributed by atoms with Crippen molar-refractivity contribution in [2.24, 2.45) is 0 Å². The maximum absolute atomic E-state index is 6.06. The van der Waals surface area contributed by atoms with Crippen molar-refractivity contribution >= 4 is 48.8 Å². The number of rotatable bonds is 2. The van der Waals surface area contributed by atoms with Crippen LogP contribution in [0.25, 0.3) is 16.7 Å². The molecule has 1 aromatic heterocycles. The molecule has 1 heterocycles. The summed E-state index contributed by atoms with van der Waals surface area (Å²) < 4.78 is 9.02. The Morgan fingerprint density at radius 3 is 2.65 bits per heavy atom. The standard InChI is InChI=1S/C14H11Br2N3O/c1-20-13-7-12(8(15)6-9(13)16)19-11-5-3-2-4-10(11)18-14(19)17/h2-7H,1H3,(H2,17,18). The van der Waals surface area contributed by atoms with E-state index in [-0.39, 0.29) is 0 Å². The van der Waals surface area contributed by atoms with Crippen molar-refractivity contribution < 1.29 is 4.74 Å². The summed E-state index contributed by atoms with van der Waals surface area (Å²) in [6, 6.07) is 11.7. The first-order valence-corrected chi connectivity index (χ1v) is 7.47. The van der Waals surface area contributed by atoms with E-state index in [1.165, 1.54) is 0 Å². The maximum atomic E-state index is 6.06. The van der Waals surface area contributed by atoms with Gasteiger partial charge in [0.2, 0.25) is 5.95 Å². The number of ether oxygens (including phenoxy) is 1. The van der Waals surface area contributed by atoms with Gasteiger partial charge in [0.25, 0.3) is 0 Å². The number of anilines is 1. The van der Waals surface area contributed by atoms with Gasteiger partial charge in [0.05, 0.1) is 28.3 Å². The molecule has 0 spiro atoms. The molecule has 3 aromatic rings. The molecule has 0 aliphatic rings. The van der Waals surface area contributed by atoms with Crippen LogP contribution in [0.3, 0.4) is 0 Å². The molecule has 0 amide bonds. The van der Waals surface area contributed by atoms with E-state index in [1.54, 1.807) is 7.11 Å². The third kappa shape index (κ3) is 2.09. The van der Waals surface area contributed by atoms with E-state index in [0.29, 0.717) is 5.95 Å². The Bertz CT molecular complexity index is 798. The van der Waals surface area contributed by atoms with Crippen molar-refractivity contribution in [2.75, 3.05) is 12.8 Å². The second-order valence-corrected chi connectivity index (χ2v) is 5.94. The molecule has 2 N–H and O–H groups in total. The average Bonchev–Trinajstić information content (AvgIpc) is 2.75. The topological polar surface area (TPSA) is 53.1 Å². The molecule has 4 nitrogen and oxygen atoms in total. The lowest BCUT2D eigenvalue weighted by atomic mass is 10.2. The third-order valence-electron chi connectivity index (χ3n) is 3.05. The van der Waals surface area contributed by atoms with Crippen LogP contribution in [0.1, 0.15) is 0 Å². The first-order valence-electron chi connectivity index (χ1n) is 5.88. The first-order chi connectivity index (χ1) is 9.61. The molecule has 0 aliphatic carbocycles. The summed E-state index contributed by atoms with van der Waals surface area (Å²) in [7, 11) is 1.63. The van der Waals surface area contributed by atoms with Crippen LogP contribution in [0.5, 0.6) is 5.75 Å². The molecule has 0 unspecified atom stereocenters. The van der Waals surface area contributed by atoms with Gasteiger partial charge in [-0.1, -0.05) is 12.1 Å². The number of para-hydroxylation sites is 2. The highest BCUT2D eigenvalue weighted by Gasteiger charge is 2.14. The van der Waals surface area contributed by atoms with Gasteiger partial charge in [-0.25, -0.2) is 4.98 Å². The normalized spacial score (nSPS) is 10.9. The van der Waals surface area contributed by atoms with Crippen LogP contribution in [0.15, 0.2) is 45.3 Å². The largest absolute Gasteiger partial charge is 0.495 e. The van der Waals surface area contributed by atoms with Crippen LogP contribution in [0.4, 0.5) is 5.95 Å². The lowest BCUT2D eigenvalue weighted by Crippen LogP contribution is -2.02. The number of hydrogen-bond donors (Lipinski definition) is 1. The maximum Gasteiger partial charge on any atom is 0.205 e. The molecular weight excluding hydrogens is 386 g/mol. The number of imidazole rings is 1. The Balaban J connectivity index is 2.33. The van der Waals surface area contributed by atoms with Crippen LogP contribution >= 0.6 is 31.9 Å². The number of hydrogen-bond acceptors (Lipinski definition) is 3. The van der Waals surface area contributed by atoms with E-state index in [4.69, 9.17) is 10.5 Å². The van der Waals surface area contributed by atoms with Gasteiger partial charge in [0.15, 0.2) is 0 Å². The highest BCUT2D eigenvalue weighted by atomic mass is 79.9. The third-order valence-corrected chi connectivity index (χ3v) is 4.30. The highest BCUT2D eigenvalue weighted by Crippen LogP contribution is 2.36. The fraction of sp³-hybridized carbons (Fsp3) is 0.0714. The zero-order valence-electron chi connectivity index (χ0n) is 10.6. The van der Waals surface area contributed by atoms with E-state index in [1.807, 2.05) is 41.0 Å². The van der Waals surface area contributed by atoms with E-state index in [9.17, 15) is 0 Å². The molecule has 3 rings (SSSR count). The van der Waals surface area contributed by atoms with Gasteiger partial charge in [0, 0.05) is 10.5 Å². The molecule has 0 saturated carbocycles. The summed E-state index contributed by atoms with van der Waals surface area (Å²) >= 11 is 7.02. The summed E-state index contributed by atoms with van der Waals surface area (Å²) in [5.74, 6) is 1.18. The Morgan fingerprint density at radius 1 is 1.15 bits per heavy atom. The van der Waals surface area contributed by atoms with Gasteiger partial charge in [-0.3, -0.25) is 4.57 Å². The number of methoxy groups -OCH3 is 1. The van der Waals surface area contributed by atoms with Crippen LogP contribution in [-0.4, -0.2) is 16.7 Å². The van der Waals surface area contributed by atoms with E-state index >= 15 is 0 Å². The minimum Gasteiger partial charge on any atom is -0.495 e. The Hall–Kier alpha value is -1.53. The fourth-order valence-corrected chi connectivity index (χ4v) is 3.48. The zero-order valence-corrected chi connectivity index (χ0v) is 13.8. The molecule has 0 aliphatic heterocycles. The number of halogens is 2. The van der Waals surface area contributed by atoms with Crippen LogP contribution < -0.4 is 10.5 Å². The molecule has 2 aromatic carbocycles. The smallest absolute Gasteiger partial charge is 0.205 e. The molecule has 0 radical (unpaired) electrons. The number of fused-ring (bicyclic) bond motifs is 1. The van der Waals surface area contributed by atoms with E-state index in [2.05, 4.69) is 36.8 Å². The molecular formula is C14H11Br2N3O. The van der Waals surface area contributed by atoms with Gasteiger partial charge in [-0.05, 0) is 50.1 Å². The Labute approximate surface area is 132 Å². The summed E-state index contributed by atoms with van der Waals surface area (Å²) in [4.78, 5) is 4.38. The summed E-state index contributed by atoms with van der Waals surface area (Å²) in [5, 5.41) is 0. The van der Waals surface area contributed by atoms with Crippen molar-refractivity contribution in [3.8, 4) is 11.4 Å². The molecule has 20 heavy (non-hydrogen) atoms. The van der Waals surface area contributed by atoms with E-state index in [0.717, 1.165) is 31.4 Å². The second kappa shape index (κ2) is 5.10. The van der Waals surface area contributed by atoms with Gasteiger partial charge in [0.1, 0.15) is 5.75 Å². The van der Waals surface area contributed by atoms with Crippen LogP contribution in [0.2, 0.25) is 0 Å². The van der Waals surface area contributed by atoms with Gasteiger partial charge >= 0.3 is 0 Å². The van der Waals surface area contributed by atoms with Crippen molar-refractivity contribution in [1.82, 2.24) is 9.55 Å². The lowest BCUT2D eigenvalue weighted by molar-refractivity contribution is 0.412. The number of nitrogens with two attached hydrogens (primary N) is 1. The minimum atomic E-state index is 0.441. The van der Waals surface area contributed by atoms with E-state index < -0.39 is 0 Å². The molecule has 0 bridgehead atoms.